The molecule has 2 aromatic rings. The monoisotopic (exact) mass is 813 g/mol. The first-order valence-corrected chi connectivity index (χ1v) is 21.3. The van der Waals surface area contributed by atoms with E-state index in [1.54, 1.807) is 5.48 Å². The van der Waals surface area contributed by atoms with E-state index in [9.17, 15) is 14.7 Å². The largest absolute Gasteiger partial charge is 0.460 e. The molecule has 10 nitrogen and oxygen atoms in total. The zero-order valence-corrected chi connectivity index (χ0v) is 35.7. The molecule has 0 saturated carbocycles. The van der Waals surface area contributed by atoms with Crippen LogP contribution in [0.3, 0.4) is 0 Å². The number of carbonyl (C=O) groups excluding carboxylic acids is 2. The molecule has 2 aromatic carbocycles. The molecule has 2 aliphatic rings. The van der Waals surface area contributed by atoms with Gasteiger partial charge in [-0.05, 0) is 74.4 Å². The van der Waals surface area contributed by atoms with E-state index >= 15 is 0 Å². The van der Waals surface area contributed by atoms with Crippen LogP contribution in [0.2, 0.25) is 0 Å². The van der Waals surface area contributed by atoms with E-state index in [-0.39, 0.29) is 43.1 Å². The van der Waals surface area contributed by atoms with Crippen LogP contribution < -0.4 is 10.8 Å². The Hall–Kier alpha value is -4.44. The second-order valence-corrected chi connectivity index (χ2v) is 15.2. The van der Waals surface area contributed by atoms with Crippen LogP contribution in [0.4, 0.5) is 5.69 Å². The van der Waals surface area contributed by atoms with E-state index in [1.165, 1.54) is 11.8 Å². The number of terminal acetylenes is 1. The molecule has 0 aliphatic carbocycles. The minimum absolute atomic E-state index is 0.0000849. The lowest BCUT2D eigenvalue weighted by molar-refractivity contribution is -0.245. The number of aliphatic hydroxyl groups is 1. The number of nitrogens with one attached hydrogen (secondary N) is 2. The van der Waals surface area contributed by atoms with E-state index in [1.807, 2.05) is 101 Å². The Morgan fingerprint density at radius 2 is 1.76 bits per heavy atom. The van der Waals surface area contributed by atoms with Crippen molar-refractivity contribution in [1.29, 1.82) is 0 Å². The summed E-state index contributed by atoms with van der Waals surface area (Å²) in [4.78, 5) is 28.9. The van der Waals surface area contributed by atoms with Gasteiger partial charge in [-0.3, -0.25) is 14.8 Å². The average molecular weight is 814 g/mol. The van der Waals surface area contributed by atoms with Gasteiger partial charge in [0, 0.05) is 48.6 Å². The smallest absolute Gasteiger partial charge is 0.247 e. The number of hydrogen-bond donors (Lipinski definition) is 4. The number of allylic oxidation sites excluding steroid dienone is 3. The Labute approximate surface area is 350 Å². The summed E-state index contributed by atoms with van der Waals surface area (Å²) in [6.07, 6.45) is 19.7. The van der Waals surface area contributed by atoms with Crippen LogP contribution in [0.5, 0.6) is 0 Å². The predicted octanol–water partition coefficient (Wildman–Crippen LogP) is 9.99. The third kappa shape index (κ3) is 13.8. The molecule has 11 heteroatoms. The van der Waals surface area contributed by atoms with E-state index in [0.29, 0.717) is 55.2 Å². The van der Waals surface area contributed by atoms with Crippen molar-refractivity contribution in [3.05, 3.63) is 114 Å². The van der Waals surface area contributed by atoms with E-state index in [0.717, 1.165) is 40.7 Å². The maximum atomic E-state index is 12.6. The van der Waals surface area contributed by atoms with Crippen LogP contribution in [0.25, 0.3) is 0 Å². The van der Waals surface area contributed by atoms with E-state index in [4.69, 9.17) is 30.8 Å². The predicted molar refractivity (Wildman–Crippen MR) is 235 cm³/mol. The van der Waals surface area contributed by atoms with Gasteiger partial charge < -0.3 is 24.6 Å². The molecule has 1 fully saturated rings. The Balaban J connectivity index is 0.00000443. The van der Waals surface area contributed by atoms with Gasteiger partial charge in [0.2, 0.25) is 17.0 Å². The summed E-state index contributed by atoms with van der Waals surface area (Å²) in [7, 11) is 0. The molecule has 6 atom stereocenters. The number of thioether (sulfide) groups is 1. The molecule has 314 valence electrons. The summed E-state index contributed by atoms with van der Waals surface area (Å²) in [6, 6.07) is 13.3. The lowest BCUT2D eigenvalue weighted by atomic mass is 9.79. The van der Waals surface area contributed by atoms with Gasteiger partial charge in [-0.25, -0.2) is 10.5 Å². The van der Waals surface area contributed by atoms with Crippen LogP contribution in [0.15, 0.2) is 96.6 Å². The number of amides is 2. The molecule has 2 aliphatic heterocycles. The van der Waals surface area contributed by atoms with E-state index in [2.05, 4.69) is 31.3 Å². The van der Waals surface area contributed by atoms with Gasteiger partial charge in [-0.15, -0.1) is 25.5 Å². The molecule has 6 unspecified atom stereocenters. The maximum Gasteiger partial charge on any atom is 0.247 e. The highest BCUT2D eigenvalue weighted by atomic mass is 32.2. The Kier molecular flexibility index (Phi) is 20.8. The standard InChI is InChI=1S/C45H57N3O7S.C2H6/c1-7-11-18-36(17-9-3)45(6)42(32(10-4)16-8-2)47-44(55-45)56-30-38-28-39(54-43(53-38)34-21-22-35(29-49)31(5)27-34)33-23-25-37(26-24-33)46-40(50)19-14-12-13-15-20-41(51)48-52;1-2/h1,8-10,17-18,21-27,32,38-39,42-43,49,52H,2,4,11-16,19-20,28-30H2,3,5-6H3,(H,46,50)(H,48,51);1-2H3/b17-9-,36-18+;. The first-order chi connectivity index (χ1) is 28.1. The number of nitrogens with zero attached hydrogens (tertiary/aromatic N) is 1. The van der Waals surface area contributed by atoms with Gasteiger partial charge in [-0.2, -0.15) is 0 Å². The molecule has 0 spiro atoms. The molecule has 0 bridgehead atoms. The number of benzene rings is 2. The number of aryl methyl sites for hydroxylation is 1. The van der Waals surface area contributed by atoms with Crippen LogP contribution in [-0.4, -0.2) is 50.9 Å². The Morgan fingerprint density at radius 3 is 2.36 bits per heavy atom. The normalized spacial score (nSPS) is 22.1. The molecular formula is C47H63N3O7S. The quantitative estimate of drug-likeness (QED) is 0.0259. The average Bonchev–Trinajstić information content (AvgIpc) is 3.59. The zero-order chi connectivity index (χ0) is 42.5. The molecule has 2 amide bonds. The van der Waals surface area contributed by atoms with Crippen molar-refractivity contribution >= 4 is 34.5 Å². The zero-order valence-electron chi connectivity index (χ0n) is 34.9. The van der Waals surface area contributed by atoms with Crippen molar-refractivity contribution in [2.75, 3.05) is 11.1 Å². The molecular weight excluding hydrogens is 751 g/mol. The Morgan fingerprint density at radius 1 is 1.07 bits per heavy atom. The minimum Gasteiger partial charge on any atom is -0.460 e. The summed E-state index contributed by atoms with van der Waals surface area (Å²) < 4.78 is 20.0. The van der Waals surface area contributed by atoms with Crippen molar-refractivity contribution in [3.63, 3.8) is 0 Å². The lowest BCUT2D eigenvalue weighted by Crippen LogP contribution is -2.42. The fraction of sp³-hybridized carbons (Fsp3) is 0.468. The number of anilines is 1. The van der Waals surface area contributed by atoms with Crippen LogP contribution in [0.1, 0.15) is 120 Å². The van der Waals surface area contributed by atoms with Crippen molar-refractivity contribution in [1.82, 2.24) is 5.48 Å². The number of unbranched alkanes of at least 4 members (excludes halogenated alkanes) is 3. The van der Waals surface area contributed by atoms with Crippen molar-refractivity contribution in [2.45, 2.75) is 129 Å². The van der Waals surface area contributed by atoms with Gasteiger partial charge in [0.25, 0.3) is 0 Å². The maximum absolute atomic E-state index is 12.6. The number of rotatable bonds is 20. The number of carbonyl (C=O) groups is 2. The number of aliphatic hydroxyl groups excluding tert-OH is 1. The highest BCUT2D eigenvalue weighted by molar-refractivity contribution is 8.13. The summed E-state index contributed by atoms with van der Waals surface area (Å²) in [5, 5.41) is 21.9. The third-order valence-electron chi connectivity index (χ3n) is 10.1. The van der Waals surface area contributed by atoms with Crippen molar-refractivity contribution < 1.29 is 34.1 Å². The topological polar surface area (TPSA) is 139 Å². The molecule has 1 saturated heterocycles. The third-order valence-corrected chi connectivity index (χ3v) is 11.1. The summed E-state index contributed by atoms with van der Waals surface area (Å²) >= 11 is 1.51. The minimum atomic E-state index is -0.765. The van der Waals surface area contributed by atoms with Crippen LogP contribution in [0, 0.1) is 25.2 Å². The number of aliphatic imine (C=N–C) groups is 1. The Bertz CT molecular complexity index is 1780. The molecule has 58 heavy (non-hydrogen) atoms. The van der Waals surface area contributed by atoms with Gasteiger partial charge in [0.15, 0.2) is 11.9 Å². The van der Waals surface area contributed by atoms with Crippen LogP contribution in [-0.2, 0) is 30.4 Å². The summed E-state index contributed by atoms with van der Waals surface area (Å²) in [5.41, 5.74) is 6.13. The highest BCUT2D eigenvalue weighted by Gasteiger charge is 2.48. The second-order valence-electron chi connectivity index (χ2n) is 14.3. The number of hydroxylamine groups is 1. The molecule has 2 heterocycles. The molecule has 4 N–H and O–H groups in total. The lowest BCUT2D eigenvalue weighted by Gasteiger charge is -2.36. The molecule has 0 radical (unpaired) electrons. The molecule has 0 aromatic heterocycles. The van der Waals surface area contributed by atoms with Crippen molar-refractivity contribution in [3.8, 4) is 12.3 Å². The number of hydrogen-bond acceptors (Lipinski definition) is 9. The van der Waals surface area contributed by atoms with Gasteiger partial charge >= 0.3 is 0 Å². The first-order valence-electron chi connectivity index (χ1n) is 20.3. The van der Waals surface area contributed by atoms with Crippen LogP contribution >= 0.6 is 11.8 Å². The SMILES string of the molecule is C#CC/C=C(\C=C/C)C1(C)OC(SCC2CC(c3ccc(NC(=O)CCCCCCC(=O)NO)cc3)OC(c3ccc(CO)c(C)c3)O2)=NC1C(C=C)CC=C.CC. The number of ether oxygens (including phenoxy) is 3. The fourth-order valence-corrected chi connectivity index (χ4v) is 7.98. The fourth-order valence-electron chi connectivity index (χ4n) is 7.01. The first kappa shape index (κ1) is 47.9. The summed E-state index contributed by atoms with van der Waals surface area (Å²) in [6.45, 7) is 18.0. The van der Waals surface area contributed by atoms with Gasteiger partial charge in [-0.1, -0.05) is 99.2 Å². The second kappa shape index (κ2) is 25.1. The summed E-state index contributed by atoms with van der Waals surface area (Å²) in [5.74, 6) is 2.80. The van der Waals surface area contributed by atoms with Crippen molar-refractivity contribution in [2.24, 2.45) is 10.9 Å². The van der Waals surface area contributed by atoms with E-state index < -0.39 is 17.8 Å². The van der Waals surface area contributed by atoms with Gasteiger partial charge in [0.1, 0.15) is 6.04 Å². The molecule has 4 rings (SSSR count). The van der Waals surface area contributed by atoms with Gasteiger partial charge in [0.05, 0.1) is 18.8 Å². The highest BCUT2D eigenvalue weighted by Crippen LogP contribution is 2.43.